The van der Waals surface area contributed by atoms with Gasteiger partial charge in [-0.05, 0) is 22.0 Å². The van der Waals surface area contributed by atoms with Crippen LogP contribution in [0.25, 0.3) is 0 Å². The SMILES string of the molecule is FC(F)(F)C(Br)=CC(Br)(Br)C(Br)(Br)C(Br)(Br)C(Br)(Br)Br. The highest BCUT2D eigenvalue weighted by Gasteiger charge is 2.64. The van der Waals surface area contributed by atoms with E-state index >= 15 is 0 Å². The lowest BCUT2D eigenvalue weighted by atomic mass is 10.2. The summed E-state index contributed by atoms with van der Waals surface area (Å²) in [5, 5.41) is 0. The summed E-state index contributed by atoms with van der Waals surface area (Å²) < 4.78 is 32.6. The first-order valence-electron chi connectivity index (χ1n) is 4.03. The Morgan fingerprint density at radius 2 is 1.05 bits per heavy atom. The Balaban J connectivity index is 5.84. The Kier molecular flexibility index (Phi) is 9.63. The lowest BCUT2D eigenvalue weighted by Crippen LogP contribution is -2.53. The van der Waals surface area contributed by atoms with Crippen molar-refractivity contribution in [1.29, 1.82) is 0 Å². The van der Waals surface area contributed by atoms with Crippen molar-refractivity contribution in [2.75, 3.05) is 0 Å². The number of hydrogen-bond donors (Lipinski definition) is 0. The second-order valence-corrected chi connectivity index (χ2v) is 21.3. The second kappa shape index (κ2) is 7.92. The van der Waals surface area contributed by atoms with Gasteiger partial charge in [-0.15, -0.1) is 0 Å². The fourth-order valence-corrected chi connectivity index (χ4v) is 7.73. The zero-order valence-corrected chi connectivity index (χ0v) is 24.4. The third-order valence-corrected chi connectivity index (χ3v) is 18.1. The van der Waals surface area contributed by atoms with E-state index in [1.165, 1.54) is 0 Å². The molecule has 0 nitrogen and oxygen atoms in total. The molecule has 0 aliphatic heterocycles. The van der Waals surface area contributed by atoms with Crippen LogP contribution in [0, 0.1) is 0 Å². The lowest BCUT2D eigenvalue weighted by Gasteiger charge is -2.46. The van der Waals surface area contributed by atoms with Crippen LogP contribution in [-0.2, 0) is 0 Å². The molecule has 0 aromatic rings. The van der Waals surface area contributed by atoms with Crippen molar-refractivity contribution in [2.24, 2.45) is 0 Å². The zero-order chi connectivity index (χ0) is 16.8. The van der Waals surface area contributed by atoms with Gasteiger partial charge in [0.25, 0.3) is 0 Å². The van der Waals surface area contributed by atoms with E-state index in [2.05, 4.69) is 159 Å². The standard InChI is InChI=1S/C7HBr10F3/c8-2(4(18,19)20)1-3(9,10)5(11,12)6(13,14)7(15,16)17/h1H. The fourth-order valence-electron chi connectivity index (χ4n) is 0.719. The van der Waals surface area contributed by atoms with E-state index in [9.17, 15) is 13.2 Å². The number of halogens is 13. The van der Waals surface area contributed by atoms with Gasteiger partial charge in [-0.2, -0.15) is 13.2 Å². The van der Waals surface area contributed by atoms with Crippen LogP contribution < -0.4 is 0 Å². The van der Waals surface area contributed by atoms with Crippen molar-refractivity contribution in [3.05, 3.63) is 10.6 Å². The molecule has 0 fully saturated rings. The van der Waals surface area contributed by atoms with Gasteiger partial charge in [0.1, 0.15) is 9.70 Å². The first kappa shape index (κ1) is 24.3. The Morgan fingerprint density at radius 1 is 0.700 bits per heavy atom. The van der Waals surface area contributed by atoms with Crippen LogP contribution in [0.5, 0.6) is 0 Å². The van der Waals surface area contributed by atoms with E-state index in [1.807, 2.05) is 0 Å². The molecule has 0 radical (unpaired) electrons. The van der Waals surface area contributed by atoms with Gasteiger partial charge in [0.2, 0.25) is 0 Å². The van der Waals surface area contributed by atoms with Gasteiger partial charge >= 0.3 is 6.18 Å². The van der Waals surface area contributed by atoms with Gasteiger partial charge in [0.15, 0.2) is 2.14 Å². The zero-order valence-electron chi connectivity index (χ0n) is 8.49. The molecule has 0 unspecified atom stereocenters. The molecule has 0 rings (SSSR count). The van der Waals surface area contributed by atoms with Crippen LogP contribution in [0.4, 0.5) is 13.2 Å². The first-order chi connectivity index (χ1) is 8.38. The summed E-state index contributed by atoms with van der Waals surface area (Å²) in [5.41, 5.74) is 0. The summed E-state index contributed by atoms with van der Waals surface area (Å²) in [6.07, 6.45) is -3.58. The Hall–Kier alpha value is 4.33. The molecule has 0 aliphatic carbocycles. The summed E-state index contributed by atoms with van der Waals surface area (Å²) in [6, 6.07) is 0. The monoisotopic (exact) mass is 931 g/mol. The third-order valence-electron chi connectivity index (χ3n) is 1.75. The molecule has 0 aliphatic rings. The average Bonchev–Trinajstić information content (AvgIpc) is 2.12. The van der Waals surface area contributed by atoms with Crippen molar-refractivity contribution in [2.45, 2.75) is 18.0 Å². The number of alkyl halides is 12. The molecule has 20 heavy (non-hydrogen) atoms. The Labute approximate surface area is 197 Å². The van der Waals surface area contributed by atoms with Crippen LogP contribution in [0.3, 0.4) is 0 Å². The highest BCUT2D eigenvalue weighted by atomic mass is 80.0. The van der Waals surface area contributed by atoms with E-state index in [1.54, 1.807) is 0 Å². The van der Waals surface area contributed by atoms with E-state index in [4.69, 9.17) is 0 Å². The van der Waals surface area contributed by atoms with Gasteiger partial charge in [-0.1, -0.05) is 143 Å². The van der Waals surface area contributed by atoms with Gasteiger partial charge in [0, 0.05) is 0 Å². The average molecular weight is 941 g/mol. The smallest absolute Gasteiger partial charge is 0.166 e. The Morgan fingerprint density at radius 3 is 1.30 bits per heavy atom. The summed E-state index contributed by atoms with van der Waals surface area (Å²) in [4.78, 5) is 0. The van der Waals surface area contributed by atoms with Crippen molar-refractivity contribution in [1.82, 2.24) is 0 Å². The molecular weight excluding hydrogens is 940 g/mol. The molecule has 120 valence electrons. The van der Waals surface area contributed by atoms with Crippen molar-refractivity contribution in [3.8, 4) is 0 Å². The lowest BCUT2D eigenvalue weighted by molar-refractivity contribution is -0.0830. The molecule has 0 saturated carbocycles. The van der Waals surface area contributed by atoms with Gasteiger partial charge in [-0.25, -0.2) is 0 Å². The maximum absolute atomic E-state index is 12.7. The molecule has 0 N–H and O–H groups in total. The highest BCUT2D eigenvalue weighted by molar-refractivity contribution is 9.42. The predicted octanol–water partition coefficient (Wildman–Crippen LogP) is 9.12. The summed E-state index contributed by atoms with van der Waals surface area (Å²) in [6.45, 7) is 0. The largest absolute Gasteiger partial charge is 0.422 e. The molecule has 0 saturated heterocycles. The van der Waals surface area contributed by atoms with Gasteiger partial charge < -0.3 is 0 Å². The normalized spacial score (nSPS) is 16.6. The molecule has 0 bridgehead atoms. The molecule has 0 heterocycles. The number of allylic oxidation sites excluding steroid dienone is 2. The molecule has 0 aromatic carbocycles. The van der Waals surface area contributed by atoms with Crippen molar-refractivity contribution in [3.63, 3.8) is 0 Å². The molecule has 0 atom stereocenters. The van der Waals surface area contributed by atoms with E-state index in [-0.39, 0.29) is 0 Å². The Bertz CT molecular complexity index is 391. The third kappa shape index (κ3) is 5.67. The topological polar surface area (TPSA) is 0 Å². The van der Waals surface area contributed by atoms with Crippen LogP contribution in [0.15, 0.2) is 10.6 Å². The van der Waals surface area contributed by atoms with Crippen LogP contribution in [-0.4, -0.2) is 18.0 Å². The second-order valence-electron chi connectivity index (χ2n) is 3.26. The summed E-state index contributed by atoms with van der Waals surface area (Å²) in [7, 11) is 0. The van der Waals surface area contributed by atoms with Crippen LogP contribution >= 0.6 is 159 Å². The van der Waals surface area contributed by atoms with E-state index < -0.39 is 22.5 Å². The minimum Gasteiger partial charge on any atom is -0.166 e. The van der Waals surface area contributed by atoms with Crippen LogP contribution in [0.1, 0.15) is 0 Å². The molecular formula is C7HBr10F3. The van der Waals surface area contributed by atoms with Crippen LogP contribution in [0.2, 0.25) is 0 Å². The fraction of sp³-hybridized carbons (Fsp3) is 0.714. The molecule has 13 heteroatoms. The van der Waals surface area contributed by atoms with Gasteiger partial charge in [-0.3, -0.25) is 0 Å². The molecule has 0 aromatic heterocycles. The van der Waals surface area contributed by atoms with Crippen molar-refractivity contribution < 1.29 is 13.2 Å². The predicted molar refractivity (Wildman–Crippen MR) is 114 cm³/mol. The van der Waals surface area contributed by atoms with E-state index in [0.29, 0.717) is 0 Å². The first-order valence-corrected chi connectivity index (χ1v) is 12.0. The molecule has 0 spiro atoms. The summed E-state index contributed by atoms with van der Waals surface area (Å²) in [5.74, 6) is 0. The van der Waals surface area contributed by atoms with E-state index in [0.717, 1.165) is 6.08 Å². The van der Waals surface area contributed by atoms with Gasteiger partial charge in [0.05, 0.1) is 4.48 Å². The maximum Gasteiger partial charge on any atom is 0.422 e. The number of rotatable bonds is 3. The number of hydrogen-bond acceptors (Lipinski definition) is 0. The highest BCUT2D eigenvalue weighted by Crippen LogP contribution is 2.68. The van der Waals surface area contributed by atoms with Crippen molar-refractivity contribution >= 4 is 159 Å². The molecule has 0 amide bonds. The summed E-state index contributed by atoms with van der Waals surface area (Å²) >= 11 is 32.4. The minimum absolute atomic E-state index is 0.904. The maximum atomic E-state index is 12.7. The minimum atomic E-state index is -4.50. The quantitative estimate of drug-likeness (QED) is 0.248.